The first-order chi connectivity index (χ1) is 12.7. The van der Waals surface area contributed by atoms with Crippen molar-refractivity contribution in [2.24, 2.45) is 0 Å². The number of anilines is 1. The molecule has 0 aromatic heterocycles. The highest BCUT2D eigenvalue weighted by molar-refractivity contribution is 7.89. The first kappa shape index (κ1) is 20.6. The van der Waals surface area contributed by atoms with Crippen molar-refractivity contribution in [3.63, 3.8) is 0 Å². The first-order valence-corrected chi connectivity index (χ1v) is 9.91. The maximum atomic E-state index is 12.1. The SMILES string of the molecule is CC(C)NS(=O)(=O)c1ccc(NC(=O)CCc2ccccc2C(=O)O)cc1. The van der Waals surface area contributed by atoms with E-state index in [9.17, 15) is 18.0 Å². The van der Waals surface area contributed by atoms with Crippen molar-refractivity contribution < 1.29 is 23.1 Å². The second-order valence-electron chi connectivity index (χ2n) is 6.31. The van der Waals surface area contributed by atoms with Crippen LogP contribution in [0.3, 0.4) is 0 Å². The Labute approximate surface area is 158 Å². The van der Waals surface area contributed by atoms with E-state index in [0.717, 1.165) is 0 Å². The van der Waals surface area contributed by atoms with E-state index in [1.54, 1.807) is 32.0 Å². The van der Waals surface area contributed by atoms with Gasteiger partial charge in [-0.2, -0.15) is 0 Å². The van der Waals surface area contributed by atoms with Crippen LogP contribution >= 0.6 is 0 Å². The third-order valence-corrected chi connectivity index (χ3v) is 5.38. The van der Waals surface area contributed by atoms with Gasteiger partial charge >= 0.3 is 5.97 Å². The van der Waals surface area contributed by atoms with Gasteiger partial charge in [-0.15, -0.1) is 0 Å². The molecule has 0 aliphatic heterocycles. The molecule has 2 aromatic rings. The van der Waals surface area contributed by atoms with Crippen molar-refractivity contribution in [1.82, 2.24) is 4.72 Å². The number of hydrogen-bond acceptors (Lipinski definition) is 4. The van der Waals surface area contributed by atoms with Gasteiger partial charge in [0.05, 0.1) is 10.5 Å². The highest BCUT2D eigenvalue weighted by atomic mass is 32.2. The predicted molar refractivity (Wildman–Crippen MR) is 102 cm³/mol. The van der Waals surface area contributed by atoms with Crippen molar-refractivity contribution in [2.45, 2.75) is 37.6 Å². The summed E-state index contributed by atoms with van der Waals surface area (Å²) in [5.41, 5.74) is 1.23. The summed E-state index contributed by atoms with van der Waals surface area (Å²) in [5.74, 6) is -1.32. The molecule has 3 N–H and O–H groups in total. The van der Waals surface area contributed by atoms with Crippen molar-refractivity contribution in [2.75, 3.05) is 5.32 Å². The van der Waals surface area contributed by atoms with Crippen LogP contribution in [0.1, 0.15) is 36.2 Å². The number of sulfonamides is 1. The number of carboxylic acids is 1. The van der Waals surface area contributed by atoms with Crippen molar-refractivity contribution in [1.29, 1.82) is 0 Å². The Kier molecular flexibility index (Phi) is 6.70. The standard InChI is InChI=1S/C19H22N2O5S/c1-13(2)21-27(25,26)16-10-8-15(9-11-16)20-18(22)12-7-14-5-3-4-6-17(14)19(23)24/h3-6,8-11,13,21H,7,12H2,1-2H3,(H,20,22)(H,23,24). The van der Waals surface area contributed by atoms with Gasteiger partial charge in [0.25, 0.3) is 0 Å². The number of carbonyl (C=O) groups excluding carboxylic acids is 1. The molecule has 7 nitrogen and oxygen atoms in total. The Hall–Kier alpha value is -2.71. The van der Waals surface area contributed by atoms with E-state index >= 15 is 0 Å². The number of nitrogens with one attached hydrogen (secondary N) is 2. The van der Waals surface area contributed by atoms with E-state index in [2.05, 4.69) is 10.0 Å². The summed E-state index contributed by atoms with van der Waals surface area (Å²) in [6.45, 7) is 3.46. The fourth-order valence-corrected chi connectivity index (χ4v) is 3.77. The first-order valence-electron chi connectivity index (χ1n) is 8.42. The van der Waals surface area contributed by atoms with Crippen LogP contribution in [0.25, 0.3) is 0 Å². The molecule has 0 atom stereocenters. The Bertz CT molecular complexity index is 921. The highest BCUT2D eigenvalue weighted by Gasteiger charge is 2.15. The third kappa shape index (κ3) is 5.90. The molecule has 2 aromatic carbocycles. The lowest BCUT2D eigenvalue weighted by Crippen LogP contribution is -2.30. The summed E-state index contributed by atoms with van der Waals surface area (Å²) >= 11 is 0. The molecule has 0 spiro atoms. The van der Waals surface area contributed by atoms with E-state index in [4.69, 9.17) is 5.11 Å². The fourth-order valence-electron chi connectivity index (χ4n) is 2.51. The van der Waals surface area contributed by atoms with Crippen LogP contribution in [0, 0.1) is 0 Å². The van der Waals surface area contributed by atoms with Gasteiger partial charge in [0, 0.05) is 18.2 Å². The monoisotopic (exact) mass is 390 g/mol. The number of aryl methyl sites for hydroxylation is 1. The molecule has 0 saturated heterocycles. The Morgan fingerprint density at radius 2 is 1.67 bits per heavy atom. The number of carbonyl (C=O) groups is 2. The average molecular weight is 390 g/mol. The lowest BCUT2D eigenvalue weighted by atomic mass is 10.0. The van der Waals surface area contributed by atoms with Gasteiger partial charge in [-0.25, -0.2) is 17.9 Å². The van der Waals surface area contributed by atoms with Gasteiger partial charge in [-0.3, -0.25) is 4.79 Å². The van der Waals surface area contributed by atoms with Crippen LogP contribution in [0.4, 0.5) is 5.69 Å². The number of aromatic carboxylic acids is 1. The van der Waals surface area contributed by atoms with Gasteiger partial charge < -0.3 is 10.4 Å². The van der Waals surface area contributed by atoms with Gasteiger partial charge in [-0.1, -0.05) is 18.2 Å². The van der Waals surface area contributed by atoms with E-state index in [1.165, 1.54) is 30.3 Å². The van der Waals surface area contributed by atoms with E-state index in [0.29, 0.717) is 17.7 Å². The normalized spacial score (nSPS) is 11.4. The summed E-state index contributed by atoms with van der Waals surface area (Å²) in [7, 11) is -3.58. The summed E-state index contributed by atoms with van der Waals surface area (Å²) in [6, 6.07) is 12.2. The van der Waals surface area contributed by atoms with Crippen molar-refractivity contribution >= 4 is 27.6 Å². The maximum Gasteiger partial charge on any atom is 0.335 e. The molecule has 0 radical (unpaired) electrons. The summed E-state index contributed by atoms with van der Waals surface area (Å²) < 4.78 is 26.6. The molecular formula is C19H22N2O5S. The Morgan fingerprint density at radius 3 is 2.26 bits per heavy atom. The maximum absolute atomic E-state index is 12.1. The lowest BCUT2D eigenvalue weighted by Gasteiger charge is -2.11. The number of carboxylic acid groups (broad SMARTS) is 1. The average Bonchev–Trinajstić information content (AvgIpc) is 2.59. The third-order valence-electron chi connectivity index (χ3n) is 3.71. The Balaban J connectivity index is 1.98. The molecule has 0 bridgehead atoms. The number of rotatable bonds is 8. The number of benzene rings is 2. The molecule has 27 heavy (non-hydrogen) atoms. The minimum absolute atomic E-state index is 0.110. The molecule has 8 heteroatoms. The zero-order valence-corrected chi connectivity index (χ0v) is 15.9. The summed E-state index contributed by atoms with van der Waals surface area (Å²) in [4.78, 5) is 23.4. The summed E-state index contributed by atoms with van der Waals surface area (Å²) in [6.07, 6.45) is 0.401. The number of amides is 1. The smallest absolute Gasteiger partial charge is 0.335 e. The van der Waals surface area contributed by atoms with E-state index in [1.807, 2.05) is 0 Å². The highest BCUT2D eigenvalue weighted by Crippen LogP contribution is 2.16. The largest absolute Gasteiger partial charge is 0.478 e. The fraction of sp³-hybridized carbons (Fsp3) is 0.263. The second kappa shape index (κ2) is 8.79. The quantitative estimate of drug-likeness (QED) is 0.641. The lowest BCUT2D eigenvalue weighted by molar-refractivity contribution is -0.116. The molecule has 0 heterocycles. The van der Waals surface area contributed by atoms with Gasteiger partial charge in [0.1, 0.15) is 0 Å². The van der Waals surface area contributed by atoms with Gasteiger partial charge in [0.2, 0.25) is 15.9 Å². The zero-order chi connectivity index (χ0) is 20.0. The molecule has 2 rings (SSSR count). The molecule has 0 aliphatic carbocycles. The molecule has 0 unspecified atom stereocenters. The van der Waals surface area contributed by atoms with E-state index < -0.39 is 16.0 Å². The Morgan fingerprint density at radius 1 is 1.04 bits per heavy atom. The van der Waals surface area contributed by atoms with E-state index in [-0.39, 0.29) is 28.8 Å². The minimum atomic E-state index is -3.58. The zero-order valence-electron chi connectivity index (χ0n) is 15.1. The van der Waals surface area contributed by atoms with Crippen LogP contribution < -0.4 is 10.0 Å². The molecule has 0 aliphatic rings. The van der Waals surface area contributed by atoms with Crippen LogP contribution in [0.15, 0.2) is 53.4 Å². The molecule has 1 amide bonds. The van der Waals surface area contributed by atoms with Gasteiger partial charge in [0.15, 0.2) is 0 Å². The van der Waals surface area contributed by atoms with Crippen LogP contribution in [-0.2, 0) is 21.2 Å². The van der Waals surface area contributed by atoms with Gasteiger partial charge in [-0.05, 0) is 56.2 Å². The molecule has 144 valence electrons. The molecule has 0 fully saturated rings. The van der Waals surface area contributed by atoms with Crippen LogP contribution in [-0.4, -0.2) is 31.4 Å². The molecule has 0 saturated carbocycles. The molecular weight excluding hydrogens is 368 g/mol. The topological polar surface area (TPSA) is 113 Å². The van der Waals surface area contributed by atoms with Crippen molar-refractivity contribution in [3.05, 3.63) is 59.7 Å². The minimum Gasteiger partial charge on any atom is -0.478 e. The van der Waals surface area contributed by atoms with Crippen LogP contribution in [0.2, 0.25) is 0 Å². The predicted octanol–water partition coefficient (Wildman–Crippen LogP) is 2.64. The summed E-state index contributed by atoms with van der Waals surface area (Å²) in [5, 5.41) is 11.8. The van der Waals surface area contributed by atoms with Crippen LogP contribution in [0.5, 0.6) is 0 Å². The number of hydrogen-bond donors (Lipinski definition) is 3. The second-order valence-corrected chi connectivity index (χ2v) is 8.02. The van der Waals surface area contributed by atoms with Crippen molar-refractivity contribution in [3.8, 4) is 0 Å².